The number of halogens is 1. The maximum atomic E-state index is 6.01. The summed E-state index contributed by atoms with van der Waals surface area (Å²) in [5, 5.41) is 3.49. The highest BCUT2D eigenvalue weighted by Crippen LogP contribution is 2.20. The van der Waals surface area contributed by atoms with Gasteiger partial charge in [-0.2, -0.15) is 0 Å². The van der Waals surface area contributed by atoms with Gasteiger partial charge in [-0.15, -0.1) is 0 Å². The third kappa shape index (κ3) is 3.06. The van der Waals surface area contributed by atoms with Crippen molar-refractivity contribution in [1.82, 2.24) is 5.32 Å². The van der Waals surface area contributed by atoms with Gasteiger partial charge in [-0.3, -0.25) is 0 Å². The Balaban J connectivity index is 1.79. The molecule has 3 nitrogen and oxygen atoms in total. The van der Waals surface area contributed by atoms with E-state index in [1.807, 2.05) is 12.1 Å². The van der Waals surface area contributed by atoms with Gasteiger partial charge >= 0.3 is 0 Å². The van der Waals surface area contributed by atoms with Gasteiger partial charge in [0.2, 0.25) is 0 Å². The summed E-state index contributed by atoms with van der Waals surface area (Å²) in [6.07, 6.45) is 5.27. The number of hydrogen-bond donors (Lipinski definition) is 2. The molecular formula is C11H17BrN2O. The molecule has 15 heavy (non-hydrogen) atoms. The van der Waals surface area contributed by atoms with Crippen LogP contribution >= 0.6 is 15.9 Å². The first-order valence-electron chi connectivity index (χ1n) is 5.50. The van der Waals surface area contributed by atoms with Crippen LogP contribution < -0.4 is 11.1 Å². The lowest BCUT2D eigenvalue weighted by Gasteiger charge is -2.15. The Kier molecular flexibility index (Phi) is 3.83. The third-order valence-corrected chi connectivity index (χ3v) is 3.37. The molecule has 2 rings (SSSR count). The molecular weight excluding hydrogens is 256 g/mol. The van der Waals surface area contributed by atoms with Gasteiger partial charge in [0.15, 0.2) is 4.67 Å². The molecule has 3 N–H and O–H groups in total. The van der Waals surface area contributed by atoms with Crippen LogP contribution in [0, 0.1) is 0 Å². The van der Waals surface area contributed by atoms with Gasteiger partial charge in [0.05, 0.1) is 6.04 Å². The van der Waals surface area contributed by atoms with E-state index in [1.165, 1.54) is 25.7 Å². The summed E-state index contributed by atoms with van der Waals surface area (Å²) in [5.74, 6) is 0.840. The van der Waals surface area contributed by atoms with Crippen molar-refractivity contribution in [1.29, 1.82) is 0 Å². The maximum absolute atomic E-state index is 6.01. The molecule has 1 aliphatic rings. The second-order valence-corrected chi connectivity index (χ2v) is 4.92. The largest absolute Gasteiger partial charge is 0.453 e. The molecule has 1 heterocycles. The Hall–Kier alpha value is -0.320. The van der Waals surface area contributed by atoms with Gasteiger partial charge in [0, 0.05) is 12.6 Å². The average Bonchev–Trinajstić information content (AvgIpc) is 2.84. The predicted octanol–water partition coefficient (Wildman–Crippen LogP) is 2.57. The Morgan fingerprint density at radius 2 is 2.20 bits per heavy atom. The summed E-state index contributed by atoms with van der Waals surface area (Å²) in [7, 11) is 0. The first-order valence-corrected chi connectivity index (χ1v) is 6.29. The molecule has 0 spiro atoms. The molecule has 84 valence electrons. The monoisotopic (exact) mass is 272 g/mol. The van der Waals surface area contributed by atoms with Gasteiger partial charge in [-0.05, 0) is 40.9 Å². The van der Waals surface area contributed by atoms with Crippen LogP contribution in [-0.2, 0) is 0 Å². The summed E-state index contributed by atoms with van der Waals surface area (Å²) >= 11 is 3.28. The summed E-state index contributed by atoms with van der Waals surface area (Å²) < 4.78 is 6.16. The lowest BCUT2D eigenvalue weighted by Crippen LogP contribution is -2.33. The average molecular weight is 273 g/mol. The molecule has 1 saturated carbocycles. The van der Waals surface area contributed by atoms with Crippen molar-refractivity contribution in [3.05, 3.63) is 22.6 Å². The van der Waals surface area contributed by atoms with E-state index in [4.69, 9.17) is 10.2 Å². The first-order chi connectivity index (χ1) is 7.25. The van der Waals surface area contributed by atoms with Crippen molar-refractivity contribution < 1.29 is 4.42 Å². The number of nitrogens with one attached hydrogen (secondary N) is 1. The topological polar surface area (TPSA) is 51.2 Å². The first kappa shape index (κ1) is 11.2. The summed E-state index contributed by atoms with van der Waals surface area (Å²) in [5.41, 5.74) is 6.01. The van der Waals surface area contributed by atoms with Crippen LogP contribution in [0.5, 0.6) is 0 Å². The molecule has 4 heteroatoms. The molecule has 1 atom stereocenters. The van der Waals surface area contributed by atoms with Crippen LogP contribution in [0.2, 0.25) is 0 Å². The van der Waals surface area contributed by atoms with Crippen molar-refractivity contribution in [3.63, 3.8) is 0 Å². The molecule has 0 radical (unpaired) electrons. The Bertz CT molecular complexity index is 307. The van der Waals surface area contributed by atoms with Crippen LogP contribution in [-0.4, -0.2) is 12.6 Å². The number of hydrogen-bond acceptors (Lipinski definition) is 3. The van der Waals surface area contributed by atoms with Crippen LogP contribution in [0.4, 0.5) is 0 Å². The Morgan fingerprint density at radius 3 is 2.80 bits per heavy atom. The molecule has 1 aromatic heterocycles. The predicted molar refractivity (Wildman–Crippen MR) is 63.6 cm³/mol. The van der Waals surface area contributed by atoms with Gasteiger partial charge in [-0.1, -0.05) is 12.8 Å². The number of rotatable bonds is 4. The molecule has 0 aromatic carbocycles. The second-order valence-electron chi connectivity index (χ2n) is 4.14. The smallest absolute Gasteiger partial charge is 0.169 e. The third-order valence-electron chi connectivity index (χ3n) is 2.94. The van der Waals surface area contributed by atoms with E-state index in [1.54, 1.807) is 0 Å². The van der Waals surface area contributed by atoms with Gasteiger partial charge in [-0.25, -0.2) is 0 Å². The van der Waals surface area contributed by atoms with E-state index in [-0.39, 0.29) is 6.04 Å². The molecule has 1 unspecified atom stereocenters. The fourth-order valence-electron chi connectivity index (χ4n) is 2.05. The van der Waals surface area contributed by atoms with E-state index in [2.05, 4.69) is 21.2 Å². The van der Waals surface area contributed by atoms with Crippen LogP contribution in [0.3, 0.4) is 0 Å². The van der Waals surface area contributed by atoms with Crippen LogP contribution in [0.1, 0.15) is 37.5 Å². The van der Waals surface area contributed by atoms with Gasteiger partial charge < -0.3 is 15.5 Å². The second kappa shape index (κ2) is 5.14. The van der Waals surface area contributed by atoms with Gasteiger partial charge in [0.25, 0.3) is 0 Å². The summed E-state index contributed by atoms with van der Waals surface area (Å²) in [6, 6.07) is 4.42. The maximum Gasteiger partial charge on any atom is 0.169 e. The number of nitrogens with two attached hydrogens (primary N) is 1. The van der Waals surface area contributed by atoms with E-state index in [0.29, 0.717) is 6.04 Å². The highest BCUT2D eigenvalue weighted by atomic mass is 79.9. The molecule has 0 bridgehead atoms. The molecule has 0 aliphatic heterocycles. The minimum atomic E-state index is -0.0445. The molecule has 1 fully saturated rings. The molecule has 1 aliphatic carbocycles. The zero-order chi connectivity index (χ0) is 10.7. The van der Waals surface area contributed by atoms with E-state index in [0.717, 1.165) is 17.0 Å². The van der Waals surface area contributed by atoms with Crippen molar-refractivity contribution in [2.24, 2.45) is 5.73 Å². The van der Waals surface area contributed by atoms with Crippen molar-refractivity contribution >= 4 is 15.9 Å². The lowest BCUT2D eigenvalue weighted by molar-refractivity contribution is 0.416. The zero-order valence-electron chi connectivity index (χ0n) is 8.71. The van der Waals surface area contributed by atoms with E-state index in [9.17, 15) is 0 Å². The van der Waals surface area contributed by atoms with Crippen molar-refractivity contribution in [2.75, 3.05) is 6.54 Å². The summed E-state index contributed by atoms with van der Waals surface area (Å²) in [6.45, 7) is 0.796. The fourth-order valence-corrected chi connectivity index (χ4v) is 2.37. The SMILES string of the molecule is NC(CNC1CCCC1)c1ccc(Br)o1. The fraction of sp³-hybridized carbons (Fsp3) is 0.636. The quantitative estimate of drug-likeness (QED) is 0.886. The summed E-state index contributed by atoms with van der Waals surface area (Å²) in [4.78, 5) is 0. The van der Waals surface area contributed by atoms with E-state index >= 15 is 0 Å². The highest BCUT2D eigenvalue weighted by Gasteiger charge is 2.16. The highest BCUT2D eigenvalue weighted by molar-refractivity contribution is 9.10. The van der Waals surface area contributed by atoms with Gasteiger partial charge in [0.1, 0.15) is 5.76 Å². The molecule has 0 amide bonds. The number of furan rings is 1. The van der Waals surface area contributed by atoms with Crippen molar-refractivity contribution in [2.45, 2.75) is 37.8 Å². The van der Waals surface area contributed by atoms with Crippen LogP contribution in [0.25, 0.3) is 0 Å². The normalized spacial score (nSPS) is 19.6. The minimum absolute atomic E-state index is 0.0445. The van der Waals surface area contributed by atoms with Crippen LogP contribution in [0.15, 0.2) is 21.2 Å². The Labute approximate surface area is 98.5 Å². The van der Waals surface area contributed by atoms with Crippen molar-refractivity contribution in [3.8, 4) is 0 Å². The Morgan fingerprint density at radius 1 is 1.47 bits per heavy atom. The molecule has 0 saturated heterocycles. The van der Waals surface area contributed by atoms with E-state index < -0.39 is 0 Å². The lowest BCUT2D eigenvalue weighted by atomic mass is 10.2. The molecule has 1 aromatic rings. The zero-order valence-corrected chi connectivity index (χ0v) is 10.3. The standard InChI is InChI=1S/C11H17BrN2O/c12-11-6-5-10(15-11)9(13)7-14-8-3-1-2-4-8/h5-6,8-9,14H,1-4,7,13H2. The minimum Gasteiger partial charge on any atom is -0.453 e.